The number of amides is 1. The van der Waals surface area contributed by atoms with Gasteiger partial charge in [0.2, 0.25) is 0 Å². The number of methoxy groups -OCH3 is 1. The molecule has 0 spiro atoms. The Morgan fingerprint density at radius 3 is 2.41 bits per heavy atom. The molecule has 5 rings (SSSR count). The van der Waals surface area contributed by atoms with Crippen molar-refractivity contribution in [3.05, 3.63) is 42.1 Å². The van der Waals surface area contributed by atoms with Crippen molar-refractivity contribution in [2.45, 2.75) is 135 Å². The summed E-state index contributed by atoms with van der Waals surface area (Å²) >= 11 is 0. The fourth-order valence-corrected chi connectivity index (χ4v) is 8.86. The Morgan fingerprint density at radius 1 is 1.02 bits per heavy atom. The lowest BCUT2D eigenvalue weighted by Crippen LogP contribution is -2.59. The summed E-state index contributed by atoms with van der Waals surface area (Å²) in [5.41, 5.74) is 4.01. The van der Waals surface area contributed by atoms with E-state index in [0.29, 0.717) is 25.8 Å². The minimum Gasteiger partial charge on any atom is -0.458 e. The molecule has 13 atom stereocenters. The van der Waals surface area contributed by atoms with Crippen LogP contribution in [-0.4, -0.2) is 126 Å². The van der Waals surface area contributed by atoms with Gasteiger partial charge in [-0.2, -0.15) is 0 Å². The number of ketones is 2. The topological polar surface area (TPSA) is 166 Å². The molecule has 4 heterocycles. The number of pyridine rings is 1. The molecule has 0 aliphatic carbocycles. The Hall–Kier alpha value is -3.53. The van der Waals surface area contributed by atoms with Crippen LogP contribution in [0.2, 0.25) is 0 Å². The highest BCUT2D eigenvalue weighted by atomic mass is 16.7. The van der Waals surface area contributed by atoms with E-state index in [-0.39, 0.29) is 30.8 Å². The minimum atomic E-state index is -1.27. The molecule has 4 unspecified atom stereocenters. The highest BCUT2D eigenvalue weighted by molar-refractivity contribution is 6.00. The summed E-state index contributed by atoms with van der Waals surface area (Å²) in [4.78, 5) is 62.6. The predicted molar refractivity (Wildman–Crippen MR) is 208 cm³/mol. The van der Waals surface area contributed by atoms with Gasteiger partial charge in [-0.15, -0.1) is 0 Å². The average molecular weight is 783 g/mol. The minimum absolute atomic E-state index is 0.125. The van der Waals surface area contributed by atoms with E-state index < -0.39 is 83.9 Å². The number of para-hydroxylation sites is 1. The van der Waals surface area contributed by atoms with Crippen molar-refractivity contribution >= 4 is 34.5 Å². The zero-order valence-electron chi connectivity index (χ0n) is 34.6. The number of hydrazine groups is 1. The molecule has 2 aromatic rings. The van der Waals surface area contributed by atoms with Gasteiger partial charge in [-0.05, 0) is 84.7 Å². The van der Waals surface area contributed by atoms with Crippen molar-refractivity contribution in [2.75, 3.05) is 27.7 Å². The van der Waals surface area contributed by atoms with Crippen molar-refractivity contribution in [1.82, 2.24) is 20.3 Å². The zero-order valence-corrected chi connectivity index (χ0v) is 34.6. The maximum Gasteiger partial charge on any atom is 0.425 e. The number of aliphatic hydroxyl groups is 1. The molecule has 3 aliphatic heterocycles. The number of ether oxygens (including phenoxy) is 5. The van der Waals surface area contributed by atoms with Gasteiger partial charge in [-0.25, -0.2) is 15.2 Å². The number of carbonyl (C=O) groups is 4. The number of esters is 1. The molecule has 1 aromatic heterocycles. The second kappa shape index (κ2) is 18.4. The summed E-state index contributed by atoms with van der Waals surface area (Å²) in [6.45, 7) is 12.6. The number of hydrogen-bond acceptors (Lipinski definition) is 13. The fraction of sp³-hybridized carbons (Fsp3) is 0.690. The maximum atomic E-state index is 14.6. The van der Waals surface area contributed by atoms with Gasteiger partial charge in [-0.3, -0.25) is 19.4 Å². The molecule has 1 amide bonds. The van der Waals surface area contributed by atoms with Crippen LogP contribution in [-0.2, 0) is 44.5 Å². The Morgan fingerprint density at radius 2 is 1.73 bits per heavy atom. The van der Waals surface area contributed by atoms with Gasteiger partial charge < -0.3 is 33.7 Å². The van der Waals surface area contributed by atoms with E-state index in [2.05, 4.69) is 10.4 Å². The first kappa shape index (κ1) is 43.6. The number of hydrogen-bond donors (Lipinski definition) is 2. The van der Waals surface area contributed by atoms with Crippen molar-refractivity contribution in [2.24, 2.45) is 23.7 Å². The Kier molecular flexibility index (Phi) is 14.3. The molecule has 310 valence electrons. The number of aliphatic hydroxyl groups excluding tert-OH is 1. The SMILES string of the molecule is CC[C@H]1OC(=O)C(C)C(=O)[C@H](C)C(O[C@@H]2O[C@H](C)CC(N(C)C)[C@H]2O)[C@@](C)(OC)C[C@@H](C)C(=O)[C@H](C)[C@@H]2C1OC(=O)N2NCCCc1ccnc2ccccc12. The third-order valence-corrected chi connectivity index (χ3v) is 12.2. The van der Waals surface area contributed by atoms with Gasteiger partial charge in [0, 0.05) is 49.0 Å². The third kappa shape index (κ3) is 9.11. The monoisotopic (exact) mass is 782 g/mol. The molecule has 14 nitrogen and oxygen atoms in total. The molecule has 2 N–H and O–H groups in total. The molecule has 3 fully saturated rings. The second-order valence-electron chi connectivity index (χ2n) is 16.4. The van der Waals surface area contributed by atoms with E-state index in [4.69, 9.17) is 23.7 Å². The quantitative estimate of drug-likeness (QED) is 0.197. The van der Waals surface area contributed by atoms with Gasteiger partial charge in [0.1, 0.15) is 30.0 Å². The fourth-order valence-electron chi connectivity index (χ4n) is 8.86. The summed E-state index contributed by atoms with van der Waals surface area (Å²) in [6, 6.07) is 8.81. The van der Waals surface area contributed by atoms with Crippen LogP contribution < -0.4 is 5.43 Å². The number of aromatic nitrogens is 1. The third-order valence-electron chi connectivity index (χ3n) is 12.2. The van der Waals surface area contributed by atoms with Gasteiger partial charge in [0.05, 0.1) is 23.3 Å². The number of likely N-dealkylation sites (N-methyl/N-ethyl adjacent to an activating group) is 1. The standard InChI is InChI=1S/C42H62N4O10/c1-11-32-37-33(46(41(51)55-37)44-19-14-15-28-18-20-43-30-17-13-12-16-29(28)30)25(4)34(47)23(2)22-42(7,52-10)38(26(5)35(48)27(6)39(50)54-32)56-40-36(49)31(45(8)9)21-24(3)53-40/h12-13,16-18,20,23-27,31-33,36-38,40,44,49H,11,14-15,19,21-22H2,1-10H3/t23-,24-,25-,26+,27?,31?,32-,33-,36-,37?,38?,40+,42+/m1/s1. The first-order valence-electron chi connectivity index (χ1n) is 20.1. The van der Waals surface area contributed by atoms with E-state index in [1.165, 1.54) is 19.0 Å². The summed E-state index contributed by atoms with van der Waals surface area (Å²) in [5, 5.41) is 13.8. The highest BCUT2D eigenvalue weighted by Gasteiger charge is 2.54. The lowest BCUT2D eigenvalue weighted by Gasteiger charge is -2.46. The summed E-state index contributed by atoms with van der Waals surface area (Å²) in [6.07, 6.45) is -1.93. The van der Waals surface area contributed by atoms with Crippen LogP contribution >= 0.6 is 0 Å². The number of fused-ring (bicyclic) bond motifs is 2. The van der Waals surface area contributed by atoms with Crippen LogP contribution in [0.5, 0.6) is 0 Å². The number of carbonyl (C=O) groups excluding carboxylic acids is 4. The van der Waals surface area contributed by atoms with E-state index >= 15 is 0 Å². The smallest absolute Gasteiger partial charge is 0.425 e. The molecule has 56 heavy (non-hydrogen) atoms. The number of Topliss-reactive ketones (excluding diaryl/α,β-unsaturated/α-hetero) is 2. The molecular weight excluding hydrogens is 720 g/mol. The van der Waals surface area contributed by atoms with Crippen LogP contribution in [0.1, 0.15) is 79.7 Å². The zero-order chi connectivity index (χ0) is 41.1. The Balaban J connectivity index is 1.44. The molecule has 14 heteroatoms. The van der Waals surface area contributed by atoms with E-state index in [1.54, 1.807) is 40.8 Å². The molecule has 3 saturated heterocycles. The summed E-state index contributed by atoms with van der Waals surface area (Å²) in [7, 11) is 5.23. The number of cyclic esters (lactones) is 1. The molecule has 3 aliphatic rings. The average Bonchev–Trinajstić information content (AvgIpc) is 3.51. The number of nitrogens with one attached hydrogen (secondary N) is 1. The maximum absolute atomic E-state index is 14.6. The van der Waals surface area contributed by atoms with Crippen LogP contribution in [0.15, 0.2) is 36.5 Å². The van der Waals surface area contributed by atoms with E-state index in [0.717, 1.165) is 16.5 Å². The van der Waals surface area contributed by atoms with Crippen molar-refractivity contribution in [1.29, 1.82) is 0 Å². The number of nitrogens with zero attached hydrogens (tertiary/aromatic N) is 3. The van der Waals surface area contributed by atoms with Crippen LogP contribution in [0.4, 0.5) is 4.79 Å². The van der Waals surface area contributed by atoms with Crippen LogP contribution in [0.3, 0.4) is 0 Å². The van der Waals surface area contributed by atoms with Gasteiger partial charge in [-0.1, -0.05) is 45.9 Å². The second-order valence-corrected chi connectivity index (χ2v) is 16.4. The normalized spacial score (nSPS) is 36.3. The van der Waals surface area contributed by atoms with Crippen LogP contribution in [0, 0.1) is 23.7 Å². The molecule has 1 aromatic carbocycles. The van der Waals surface area contributed by atoms with E-state index in [1.807, 2.05) is 56.3 Å². The number of rotatable bonds is 10. The number of benzene rings is 1. The van der Waals surface area contributed by atoms with Crippen LogP contribution in [0.25, 0.3) is 10.9 Å². The van der Waals surface area contributed by atoms with Crippen molar-refractivity contribution < 1.29 is 48.0 Å². The van der Waals surface area contributed by atoms with Crippen molar-refractivity contribution in [3.8, 4) is 0 Å². The lowest BCUT2D eigenvalue weighted by atomic mass is 9.75. The molecule has 0 bridgehead atoms. The largest absolute Gasteiger partial charge is 0.458 e. The first-order valence-corrected chi connectivity index (χ1v) is 20.1. The molecular formula is C42H62N4O10. The van der Waals surface area contributed by atoms with E-state index in [9.17, 15) is 24.3 Å². The molecule has 0 radical (unpaired) electrons. The summed E-state index contributed by atoms with van der Waals surface area (Å²) < 4.78 is 30.8. The van der Waals surface area contributed by atoms with Gasteiger partial charge in [0.25, 0.3) is 0 Å². The van der Waals surface area contributed by atoms with Gasteiger partial charge in [0.15, 0.2) is 18.2 Å². The predicted octanol–water partition coefficient (Wildman–Crippen LogP) is 4.49. The molecule has 0 saturated carbocycles. The summed E-state index contributed by atoms with van der Waals surface area (Å²) in [5.74, 6) is -4.99. The van der Waals surface area contributed by atoms with Gasteiger partial charge >= 0.3 is 12.1 Å². The van der Waals surface area contributed by atoms with Crippen molar-refractivity contribution in [3.63, 3.8) is 0 Å². The highest BCUT2D eigenvalue weighted by Crippen LogP contribution is 2.39. The Bertz CT molecular complexity index is 1700. The lowest BCUT2D eigenvalue weighted by molar-refractivity contribution is -0.295. The number of aryl methyl sites for hydroxylation is 1. The first-order chi connectivity index (χ1) is 26.5. The Labute approximate surface area is 330 Å².